The zero-order valence-corrected chi connectivity index (χ0v) is 16.6. The molecule has 148 valence electrons. The van der Waals surface area contributed by atoms with Crippen LogP contribution in [0, 0.1) is 6.92 Å². The number of aromatic nitrogens is 3. The van der Waals surface area contributed by atoms with Crippen molar-refractivity contribution in [3.63, 3.8) is 0 Å². The van der Waals surface area contributed by atoms with E-state index in [0.29, 0.717) is 37.1 Å². The highest BCUT2D eigenvalue weighted by Crippen LogP contribution is 2.28. The Morgan fingerprint density at radius 1 is 1.21 bits per heavy atom. The molecule has 28 heavy (non-hydrogen) atoms. The second-order valence-corrected chi connectivity index (χ2v) is 7.60. The number of pyridine rings is 1. The summed E-state index contributed by atoms with van der Waals surface area (Å²) in [5, 5.41) is 2.90. The van der Waals surface area contributed by atoms with Crippen LogP contribution >= 0.6 is 0 Å². The van der Waals surface area contributed by atoms with Crippen LogP contribution in [0.1, 0.15) is 53.5 Å². The predicted octanol–water partition coefficient (Wildman–Crippen LogP) is 2.93. The number of piperidine rings is 1. The summed E-state index contributed by atoms with van der Waals surface area (Å²) in [5.41, 5.74) is 3.45. The summed E-state index contributed by atoms with van der Waals surface area (Å²) in [6.07, 6.45) is 8.22. The van der Waals surface area contributed by atoms with Crippen LogP contribution < -0.4 is 10.2 Å². The number of amides is 1. The Balaban J connectivity index is 1.70. The van der Waals surface area contributed by atoms with Gasteiger partial charge < -0.3 is 15.0 Å². The fourth-order valence-electron chi connectivity index (χ4n) is 3.97. The molecular weight excluding hydrogens is 354 g/mol. The number of hydrogen-bond donors (Lipinski definition) is 1. The van der Waals surface area contributed by atoms with Gasteiger partial charge in [0.1, 0.15) is 5.82 Å². The standard InChI is InChI=1S/C21H27N5O2/c1-14-12-23-19(13-22-14)25-21(27)17-11-20(26-8-4-3-5-15(26)2)24-18-7-10-28-9-6-16(17)18/h11-13,15H,3-10H2,1-2H3,(H,23,25,27)/t15-/m1/s1. The number of carbonyl (C=O) groups is 1. The van der Waals surface area contributed by atoms with Crippen molar-refractivity contribution in [2.45, 2.75) is 52.0 Å². The van der Waals surface area contributed by atoms with E-state index in [9.17, 15) is 4.79 Å². The molecule has 1 atom stereocenters. The largest absolute Gasteiger partial charge is 0.381 e. The lowest BCUT2D eigenvalue weighted by molar-refractivity contribution is 0.102. The van der Waals surface area contributed by atoms with Crippen molar-refractivity contribution >= 4 is 17.5 Å². The zero-order chi connectivity index (χ0) is 19.5. The van der Waals surface area contributed by atoms with Crippen LogP contribution in [-0.4, -0.2) is 46.7 Å². The maximum Gasteiger partial charge on any atom is 0.257 e. The van der Waals surface area contributed by atoms with Crippen LogP contribution in [0.25, 0.3) is 0 Å². The highest BCUT2D eigenvalue weighted by Gasteiger charge is 2.25. The first kappa shape index (κ1) is 18.8. The molecule has 0 saturated carbocycles. The van der Waals surface area contributed by atoms with E-state index >= 15 is 0 Å². The van der Waals surface area contributed by atoms with Gasteiger partial charge in [-0.25, -0.2) is 9.97 Å². The first-order chi connectivity index (χ1) is 13.6. The predicted molar refractivity (Wildman–Crippen MR) is 108 cm³/mol. The molecule has 2 aliphatic rings. The number of hydrogen-bond acceptors (Lipinski definition) is 6. The third-order valence-corrected chi connectivity index (χ3v) is 5.54. The van der Waals surface area contributed by atoms with Crippen LogP contribution in [0.3, 0.4) is 0 Å². The molecule has 1 N–H and O–H groups in total. The average Bonchev–Trinajstić information content (AvgIpc) is 2.95. The summed E-state index contributed by atoms with van der Waals surface area (Å²) in [5.74, 6) is 1.19. The number of anilines is 2. The molecule has 1 fully saturated rings. The molecule has 0 aromatic carbocycles. The second-order valence-electron chi connectivity index (χ2n) is 7.60. The average molecular weight is 381 g/mol. The van der Waals surface area contributed by atoms with Crippen LogP contribution in [0.5, 0.6) is 0 Å². The van der Waals surface area contributed by atoms with Gasteiger partial charge in [0, 0.05) is 30.3 Å². The Morgan fingerprint density at radius 3 is 2.86 bits per heavy atom. The summed E-state index contributed by atoms with van der Waals surface area (Å²) in [6, 6.07) is 2.38. The fourth-order valence-corrected chi connectivity index (χ4v) is 3.97. The molecular formula is C21H27N5O2. The molecule has 7 heteroatoms. The topological polar surface area (TPSA) is 80.2 Å². The monoisotopic (exact) mass is 381 g/mol. The molecule has 4 rings (SSSR count). The van der Waals surface area contributed by atoms with Gasteiger partial charge in [-0.1, -0.05) is 0 Å². The highest BCUT2D eigenvalue weighted by molar-refractivity contribution is 6.05. The van der Waals surface area contributed by atoms with Gasteiger partial charge in [-0.15, -0.1) is 0 Å². The molecule has 1 amide bonds. The Bertz CT molecular complexity index is 853. The van der Waals surface area contributed by atoms with Gasteiger partial charge in [0.05, 0.1) is 31.3 Å². The minimum absolute atomic E-state index is 0.162. The van der Waals surface area contributed by atoms with E-state index in [1.807, 2.05) is 13.0 Å². The summed E-state index contributed by atoms with van der Waals surface area (Å²) in [4.78, 5) is 28.9. The summed E-state index contributed by atoms with van der Waals surface area (Å²) in [6.45, 7) is 6.33. The van der Waals surface area contributed by atoms with Crippen LogP contribution in [-0.2, 0) is 17.6 Å². The van der Waals surface area contributed by atoms with Crippen LogP contribution in [0.2, 0.25) is 0 Å². The molecule has 2 aromatic rings. The number of aryl methyl sites for hydroxylation is 1. The van der Waals surface area contributed by atoms with Crippen molar-refractivity contribution in [3.8, 4) is 0 Å². The van der Waals surface area contributed by atoms with E-state index in [4.69, 9.17) is 9.72 Å². The lowest BCUT2D eigenvalue weighted by atomic mass is 9.99. The number of nitrogens with zero attached hydrogens (tertiary/aromatic N) is 4. The minimum atomic E-state index is -0.162. The molecule has 7 nitrogen and oxygen atoms in total. The van der Waals surface area contributed by atoms with E-state index in [2.05, 4.69) is 27.1 Å². The minimum Gasteiger partial charge on any atom is -0.381 e. The number of nitrogens with one attached hydrogen (secondary N) is 1. The molecule has 4 heterocycles. The van der Waals surface area contributed by atoms with Gasteiger partial charge in [-0.3, -0.25) is 9.78 Å². The van der Waals surface area contributed by atoms with E-state index in [1.165, 1.54) is 6.42 Å². The van der Waals surface area contributed by atoms with E-state index in [1.54, 1.807) is 12.4 Å². The third-order valence-electron chi connectivity index (χ3n) is 5.54. The van der Waals surface area contributed by atoms with Gasteiger partial charge in [0.25, 0.3) is 5.91 Å². The van der Waals surface area contributed by atoms with E-state index in [0.717, 1.165) is 48.6 Å². The third kappa shape index (κ3) is 3.99. The van der Waals surface area contributed by atoms with Gasteiger partial charge in [0.15, 0.2) is 5.82 Å². The van der Waals surface area contributed by atoms with Crippen molar-refractivity contribution in [1.29, 1.82) is 0 Å². The molecule has 2 aliphatic heterocycles. The van der Waals surface area contributed by atoms with Crippen molar-refractivity contribution in [2.24, 2.45) is 0 Å². The molecule has 0 radical (unpaired) electrons. The molecule has 1 saturated heterocycles. The second kappa shape index (κ2) is 8.22. The molecule has 2 aromatic heterocycles. The van der Waals surface area contributed by atoms with Gasteiger partial charge in [-0.05, 0) is 51.2 Å². The Kier molecular flexibility index (Phi) is 5.52. The Labute approximate surface area is 165 Å². The fraction of sp³-hybridized carbons (Fsp3) is 0.524. The van der Waals surface area contributed by atoms with E-state index in [-0.39, 0.29) is 5.91 Å². The number of fused-ring (bicyclic) bond motifs is 1. The van der Waals surface area contributed by atoms with E-state index < -0.39 is 0 Å². The first-order valence-electron chi connectivity index (χ1n) is 10.1. The molecule has 0 bridgehead atoms. The maximum absolute atomic E-state index is 13.1. The molecule has 0 aliphatic carbocycles. The molecule has 0 unspecified atom stereocenters. The number of rotatable bonds is 3. The SMILES string of the molecule is Cc1cnc(NC(=O)c2cc(N3CCCC[C@H]3C)nc3c2CCOCC3)cn1. The maximum atomic E-state index is 13.1. The van der Waals surface area contributed by atoms with Gasteiger partial charge >= 0.3 is 0 Å². The van der Waals surface area contributed by atoms with Crippen LogP contribution in [0.15, 0.2) is 18.5 Å². The van der Waals surface area contributed by atoms with Crippen molar-refractivity contribution in [3.05, 3.63) is 41.0 Å². The Hall–Kier alpha value is -2.54. The van der Waals surface area contributed by atoms with Crippen molar-refractivity contribution in [1.82, 2.24) is 15.0 Å². The lowest BCUT2D eigenvalue weighted by Crippen LogP contribution is -2.38. The normalized spacial score (nSPS) is 19.6. The van der Waals surface area contributed by atoms with Crippen molar-refractivity contribution in [2.75, 3.05) is 30.0 Å². The molecule has 0 spiro atoms. The quantitative estimate of drug-likeness (QED) is 0.881. The van der Waals surface area contributed by atoms with Gasteiger partial charge in [0.2, 0.25) is 0 Å². The summed E-state index contributed by atoms with van der Waals surface area (Å²) < 4.78 is 5.64. The lowest BCUT2D eigenvalue weighted by Gasteiger charge is -2.35. The first-order valence-corrected chi connectivity index (χ1v) is 10.1. The summed E-state index contributed by atoms with van der Waals surface area (Å²) >= 11 is 0. The zero-order valence-electron chi connectivity index (χ0n) is 16.6. The highest BCUT2D eigenvalue weighted by atomic mass is 16.5. The summed E-state index contributed by atoms with van der Waals surface area (Å²) in [7, 11) is 0. The van der Waals surface area contributed by atoms with Crippen LogP contribution in [0.4, 0.5) is 11.6 Å². The van der Waals surface area contributed by atoms with Crippen molar-refractivity contribution < 1.29 is 9.53 Å². The smallest absolute Gasteiger partial charge is 0.257 e. The van der Waals surface area contributed by atoms with Gasteiger partial charge in [-0.2, -0.15) is 0 Å². The number of ether oxygens (including phenoxy) is 1. The Morgan fingerprint density at radius 2 is 2.07 bits per heavy atom. The number of carbonyl (C=O) groups excluding carboxylic acids is 1.